The molecule has 1 aromatic carbocycles. The van der Waals surface area contributed by atoms with Gasteiger partial charge in [0.2, 0.25) is 0 Å². The van der Waals surface area contributed by atoms with Gasteiger partial charge in [-0.3, -0.25) is 0 Å². The lowest BCUT2D eigenvalue weighted by Crippen LogP contribution is -2.07. The van der Waals surface area contributed by atoms with Crippen LogP contribution < -0.4 is 4.90 Å². The Kier molecular flexibility index (Phi) is 5.96. The Bertz CT molecular complexity index is 213. The molecule has 0 aliphatic rings. The summed E-state index contributed by atoms with van der Waals surface area (Å²) in [6, 6.07) is 10.3. The van der Waals surface area contributed by atoms with E-state index < -0.39 is 7.32 Å². The predicted octanol–water partition coefficient (Wildman–Crippen LogP) is -0.299. The summed E-state index contributed by atoms with van der Waals surface area (Å²) >= 11 is 0. The van der Waals surface area contributed by atoms with E-state index in [-0.39, 0.29) is 0 Å². The molecule has 0 saturated heterocycles. The molecule has 1 aromatic rings. The number of hydrogen-bond donors (Lipinski definition) is 3. The number of para-hydroxylation sites is 1. The van der Waals surface area contributed by atoms with E-state index in [1.54, 1.807) is 0 Å². The zero-order valence-corrected chi connectivity index (χ0v) is 7.75. The average Bonchev–Trinajstić information content (AvgIpc) is 2.05. The van der Waals surface area contributed by atoms with Crippen molar-refractivity contribution < 1.29 is 15.1 Å². The van der Waals surface area contributed by atoms with Gasteiger partial charge in [-0.1, -0.05) is 18.2 Å². The summed E-state index contributed by atoms with van der Waals surface area (Å²) in [6.07, 6.45) is 0. The minimum absolute atomic E-state index is 1.25. The first-order valence-electron chi connectivity index (χ1n) is 3.80. The zero-order valence-electron chi connectivity index (χ0n) is 7.75. The lowest BCUT2D eigenvalue weighted by atomic mass is 10.3. The molecule has 3 N–H and O–H groups in total. The largest absolute Gasteiger partial charge is 0.631 e. The Morgan fingerprint density at radius 1 is 1.00 bits per heavy atom. The maximum absolute atomic E-state index is 7.17. The van der Waals surface area contributed by atoms with Crippen molar-refractivity contribution in [2.24, 2.45) is 0 Å². The summed E-state index contributed by atoms with van der Waals surface area (Å²) in [5.41, 5.74) is 1.25. The fourth-order valence-corrected chi connectivity index (χ4v) is 0.726. The van der Waals surface area contributed by atoms with Crippen LogP contribution in [-0.2, 0) is 0 Å². The van der Waals surface area contributed by atoms with E-state index >= 15 is 0 Å². The van der Waals surface area contributed by atoms with Crippen LogP contribution in [-0.4, -0.2) is 36.5 Å². The van der Waals surface area contributed by atoms with Crippen molar-refractivity contribution in [3.05, 3.63) is 30.3 Å². The number of anilines is 1. The molecule has 1 rings (SSSR count). The monoisotopic (exact) mass is 183 g/mol. The second kappa shape index (κ2) is 6.48. The Labute approximate surface area is 78.2 Å². The van der Waals surface area contributed by atoms with Crippen LogP contribution in [0.4, 0.5) is 5.69 Å². The van der Waals surface area contributed by atoms with Crippen molar-refractivity contribution in [3.63, 3.8) is 0 Å². The van der Waals surface area contributed by atoms with Gasteiger partial charge >= 0.3 is 7.32 Å². The summed E-state index contributed by atoms with van der Waals surface area (Å²) in [5, 5.41) is 21.5. The Balaban J connectivity index is 0.000000310. The van der Waals surface area contributed by atoms with Gasteiger partial charge in [0.05, 0.1) is 0 Å². The molecule has 0 spiro atoms. The lowest BCUT2D eigenvalue weighted by molar-refractivity contribution is 0.278. The van der Waals surface area contributed by atoms with Crippen LogP contribution in [0.25, 0.3) is 0 Å². The van der Waals surface area contributed by atoms with Crippen LogP contribution >= 0.6 is 0 Å². The van der Waals surface area contributed by atoms with Gasteiger partial charge in [0.15, 0.2) is 0 Å². The first kappa shape index (κ1) is 12.0. The van der Waals surface area contributed by atoms with Crippen molar-refractivity contribution in [1.29, 1.82) is 0 Å². The van der Waals surface area contributed by atoms with Gasteiger partial charge in [-0.05, 0) is 12.1 Å². The second-order valence-electron chi connectivity index (χ2n) is 2.58. The van der Waals surface area contributed by atoms with Crippen molar-refractivity contribution in [1.82, 2.24) is 0 Å². The molecule has 4 nitrogen and oxygen atoms in total. The molecule has 0 aliphatic carbocycles. The van der Waals surface area contributed by atoms with Crippen LogP contribution in [0.3, 0.4) is 0 Å². The van der Waals surface area contributed by atoms with Gasteiger partial charge in [-0.2, -0.15) is 0 Å². The third kappa shape index (κ3) is 7.33. The molecular formula is C8H14BNO3. The lowest BCUT2D eigenvalue weighted by Gasteiger charge is -2.10. The van der Waals surface area contributed by atoms with Gasteiger partial charge in [0.25, 0.3) is 0 Å². The zero-order chi connectivity index (χ0) is 10.3. The summed E-state index contributed by atoms with van der Waals surface area (Å²) in [4.78, 5) is 2.08. The average molecular weight is 183 g/mol. The summed E-state index contributed by atoms with van der Waals surface area (Å²) in [5.74, 6) is 0. The minimum atomic E-state index is -2.17. The van der Waals surface area contributed by atoms with E-state index in [0.717, 1.165) is 0 Å². The molecule has 0 heterocycles. The second-order valence-corrected chi connectivity index (χ2v) is 2.58. The molecule has 0 unspecified atom stereocenters. The van der Waals surface area contributed by atoms with Gasteiger partial charge in [0, 0.05) is 19.8 Å². The third-order valence-corrected chi connectivity index (χ3v) is 1.27. The van der Waals surface area contributed by atoms with E-state index in [2.05, 4.69) is 17.0 Å². The Hall–Kier alpha value is -1.04. The molecule has 0 bridgehead atoms. The highest BCUT2D eigenvalue weighted by atomic mass is 16.5. The molecule has 0 saturated carbocycles. The molecule has 72 valence electrons. The number of hydrogen-bond acceptors (Lipinski definition) is 4. The van der Waals surface area contributed by atoms with Crippen LogP contribution in [0.5, 0.6) is 0 Å². The quantitative estimate of drug-likeness (QED) is 0.523. The van der Waals surface area contributed by atoms with Gasteiger partial charge in [-0.25, -0.2) is 0 Å². The van der Waals surface area contributed by atoms with Gasteiger partial charge in [-0.15, -0.1) is 0 Å². The van der Waals surface area contributed by atoms with E-state index in [1.165, 1.54) is 5.69 Å². The molecule has 0 aliphatic heterocycles. The van der Waals surface area contributed by atoms with Crippen LogP contribution in [0.2, 0.25) is 0 Å². The van der Waals surface area contributed by atoms with Crippen molar-refractivity contribution in [2.45, 2.75) is 0 Å². The first-order valence-corrected chi connectivity index (χ1v) is 3.80. The molecule has 13 heavy (non-hydrogen) atoms. The molecular weight excluding hydrogens is 169 g/mol. The summed E-state index contributed by atoms with van der Waals surface area (Å²) < 4.78 is 0. The highest BCUT2D eigenvalue weighted by Crippen LogP contribution is 2.07. The molecule has 0 fully saturated rings. The van der Waals surface area contributed by atoms with Crippen molar-refractivity contribution in [3.8, 4) is 0 Å². The fraction of sp³-hybridized carbons (Fsp3) is 0.250. The normalized spacial score (nSPS) is 8.38. The standard InChI is InChI=1S/C8H11N.BH3O3/c1-9(2)8-6-4-3-5-7-8;2-1(3)4/h3-7H,1-2H3;2-4H. The number of nitrogens with zero attached hydrogens (tertiary/aromatic N) is 1. The fourth-order valence-electron chi connectivity index (χ4n) is 0.726. The number of rotatable bonds is 1. The molecule has 0 atom stereocenters. The van der Waals surface area contributed by atoms with Crippen molar-refractivity contribution >= 4 is 13.0 Å². The minimum Gasteiger partial charge on any atom is -0.402 e. The maximum Gasteiger partial charge on any atom is 0.631 e. The molecule has 0 aromatic heterocycles. The van der Waals surface area contributed by atoms with E-state index in [1.807, 2.05) is 32.3 Å². The van der Waals surface area contributed by atoms with Crippen LogP contribution in [0.1, 0.15) is 0 Å². The Morgan fingerprint density at radius 2 is 1.38 bits per heavy atom. The van der Waals surface area contributed by atoms with Gasteiger partial charge in [0.1, 0.15) is 0 Å². The predicted molar refractivity (Wildman–Crippen MR) is 53.2 cm³/mol. The highest BCUT2D eigenvalue weighted by Gasteiger charge is 1.92. The van der Waals surface area contributed by atoms with E-state index in [4.69, 9.17) is 15.1 Å². The molecule has 0 radical (unpaired) electrons. The Morgan fingerprint density at radius 3 is 1.62 bits per heavy atom. The van der Waals surface area contributed by atoms with Gasteiger partial charge < -0.3 is 20.0 Å². The van der Waals surface area contributed by atoms with E-state index in [0.29, 0.717) is 0 Å². The molecule has 5 heteroatoms. The van der Waals surface area contributed by atoms with Crippen LogP contribution in [0.15, 0.2) is 30.3 Å². The van der Waals surface area contributed by atoms with E-state index in [9.17, 15) is 0 Å². The maximum atomic E-state index is 7.17. The summed E-state index contributed by atoms with van der Waals surface area (Å²) in [6.45, 7) is 0. The van der Waals surface area contributed by atoms with Crippen LogP contribution in [0, 0.1) is 0 Å². The topological polar surface area (TPSA) is 63.9 Å². The first-order chi connectivity index (χ1) is 6.04. The SMILES string of the molecule is CN(C)c1ccccc1.OB(O)O. The van der Waals surface area contributed by atoms with Crippen molar-refractivity contribution in [2.75, 3.05) is 19.0 Å². The smallest absolute Gasteiger partial charge is 0.402 e. The highest BCUT2D eigenvalue weighted by molar-refractivity contribution is 6.30. The molecule has 0 amide bonds. The summed E-state index contributed by atoms with van der Waals surface area (Å²) in [7, 11) is 1.91. The number of benzene rings is 1. The third-order valence-electron chi connectivity index (χ3n) is 1.27.